The number of esters is 1. The number of ether oxygens (including phenoxy) is 1. The van der Waals surface area contributed by atoms with Gasteiger partial charge in [0.05, 0.1) is 0 Å². The molecule has 5 nitrogen and oxygen atoms in total. The Labute approximate surface area is 93.1 Å². The maximum atomic E-state index is 11.3. The van der Waals surface area contributed by atoms with Crippen molar-refractivity contribution >= 4 is 16.1 Å². The Morgan fingerprint density at radius 1 is 1.31 bits per heavy atom. The van der Waals surface area contributed by atoms with Gasteiger partial charge in [-0.3, -0.25) is 4.55 Å². The van der Waals surface area contributed by atoms with Crippen LogP contribution in [0.4, 0.5) is 0 Å². The predicted molar refractivity (Wildman–Crippen MR) is 57.6 cm³/mol. The van der Waals surface area contributed by atoms with Crippen LogP contribution in [0.1, 0.15) is 0 Å². The second-order valence-corrected chi connectivity index (χ2v) is 4.48. The zero-order valence-electron chi connectivity index (χ0n) is 8.29. The summed E-state index contributed by atoms with van der Waals surface area (Å²) < 4.78 is 34.3. The van der Waals surface area contributed by atoms with Crippen LogP contribution in [0, 0.1) is 0 Å². The second kappa shape index (κ2) is 4.91. The molecular weight excluding hydrogens is 232 g/mol. The molecule has 6 heteroatoms. The quantitative estimate of drug-likeness (QED) is 0.369. The molecule has 0 amide bonds. The lowest BCUT2D eigenvalue weighted by Gasteiger charge is -2.04. The van der Waals surface area contributed by atoms with Crippen LogP contribution in [0.2, 0.25) is 0 Å². The third-order valence-corrected chi connectivity index (χ3v) is 2.31. The van der Waals surface area contributed by atoms with E-state index in [1.807, 2.05) is 0 Å². The molecule has 0 aromatic heterocycles. The average Bonchev–Trinajstić information content (AvgIpc) is 2.16. The molecule has 1 aromatic rings. The maximum absolute atomic E-state index is 11.3. The van der Waals surface area contributed by atoms with E-state index < -0.39 is 21.8 Å². The lowest BCUT2D eigenvalue weighted by Crippen LogP contribution is -2.17. The molecule has 0 saturated carbocycles. The Morgan fingerprint density at radius 3 is 2.38 bits per heavy atom. The fourth-order valence-corrected chi connectivity index (χ4v) is 1.51. The molecular formula is C10H10O5S. The summed E-state index contributed by atoms with van der Waals surface area (Å²) in [6, 6.07) is 8.14. The monoisotopic (exact) mass is 242 g/mol. The smallest absolute Gasteiger partial charge is 0.339 e. The van der Waals surface area contributed by atoms with Gasteiger partial charge in [0.15, 0.2) is 0 Å². The molecule has 0 aliphatic carbocycles. The number of benzene rings is 1. The zero-order chi connectivity index (χ0) is 12.2. The van der Waals surface area contributed by atoms with Crippen LogP contribution in [-0.2, 0) is 14.9 Å². The first-order valence-electron chi connectivity index (χ1n) is 4.28. The highest BCUT2D eigenvalue weighted by Gasteiger charge is 2.16. The summed E-state index contributed by atoms with van der Waals surface area (Å²) in [4.78, 5) is 11.3. The molecule has 0 unspecified atom stereocenters. The highest BCUT2D eigenvalue weighted by molar-refractivity contribution is 7.86. The molecule has 86 valence electrons. The Morgan fingerprint density at radius 2 is 1.88 bits per heavy atom. The third kappa shape index (κ3) is 4.24. The van der Waals surface area contributed by atoms with Gasteiger partial charge in [-0.15, -0.1) is 0 Å². The van der Waals surface area contributed by atoms with Gasteiger partial charge in [-0.2, -0.15) is 8.42 Å². The van der Waals surface area contributed by atoms with Crippen molar-refractivity contribution in [1.82, 2.24) is 0 Å². The van der Waals surface area contributed by atoms with Crippen LogP contribution in [0.15, 0.2) is 42.5 Å². The molecule has 0 heterocycles. The Hall–Kier alpha value is -1.66. The van der Waals surface area contributed by atoms with Gasteiger partial charge in [0.2, 0.25) is 0 Å². The van der Waals surface area contributed by atoms with E-state index >= 15 is 0 Å². The van der Waals surface area contributed by atoms with Gasteiger partial charge in [0, 0.05) is 5.57 Å². The molecule has 1 N–H and O–H groups in total. The lowest BCUT2D eigenvalue weighted by atomic mass is 10.3. The summed E-state index contributed by atoms with van der Waals surface area (Å²) in [6.45, 7) is 3.22. The number of rotatable bonds is 4. The van der Waals surface area contributed by atoms with Gasteiger partial charge in [-0.05, 0) is 12.1 Å². The van der Waals surface area contributed by atoms with Crippen molar-refractivity contribution in [2.24, 2.45) is 0 Å². The molecule has 0 aliphatic heterocycles. The van der Waals surface area contributed by atoms with E-state index in [9.17, 15) is 13.2 Å². The van der Waals surface area contributed by atoms with E-state index in [1.165, 1.54) is 0 Å². The molecule has 0 saturated heterocycles. The van der Waals surface area contributed by atoms with E-state index in [1.54, 1.807) is 30.3 Å². The minimum Gasteiger partial charge on any atom is -0.423 e. The van der Waals surface area contributed by atoms with Gasteiger partial charge in [0.25, 0.3) is 10.1 Å². The highest BCUT2D eigenvalue weighted by Crippen LogP contribution is 2.10. The minimum absolute atomic E-state index is 0.281. The largest absolute Gasteiger partial charge is 0.423 e. The molecule has 1 aromatic carbocycles. The summed E-state index contributed by atoms with van der Waals surface area (Å²) in [5.41, 5.74) is -0.327. The molecule has 0 bridgehead atoms. The molecule has 0 radical (unpaired) electrons. The van der Waals surface area contributed by atoms with Crippen molar-refractivity contribution in [1.29, 1.82) is 0 Å². The van der Waals surface area contributed by atoms with Crippen LogP contribution in [-0.4, -0.2) is 24.7 Å². The van der Waals surface area contributed by atoms with Crippen LogP contribution < -0.4 is 4.74 Å². The first kappa shape index (κ1) is 12.4. The van der Waals surface area contributed by atoms with Gasteiger partial charge in [-0.25, -0.2) is 4.79 Å². The lowest BCUT2D eigenvalue weighted by molar-refractivity contribution is -0.130. The normalized spacial score (nSPS) is 10.8. The van der Waals surface area contributed by atoms with Gasteiger partial charge >= 0.3 is 5.97 Å². The summed E-state index contributed by atoms with van der Waals surface area (Å²) in [7, 11) is -4.26. The van der Waals surface area contributed by atoms with Crippen molar-refractivity contribution in [2.75, 3.05) is 5.75 Å². The number of hydrogen-bond donors (Lipinski definition) is 1. The molecule has 0 atom stereocenters. The Kier molecular flexibility index (Phi) is 3.81. The number of carbonyl (C=O) groups is 1. The molecule has 0 aliphatic rings. The summed E-state index contributed by atoms with van der Waals surface area (Å²) in [5.74, 6) is -1.44. The van der Waals surface area contributed by atoms with Crippen molar-refractivity contribution in [3.63, 3.8) is 0 Å². The number of hydrogen-bond acceptors (Lipinski definition) is 4. The number of para-hydroxylation sites is 1. The fourth-order valence-electron chi connectivity index (χ4n) is 0.947. The maximum Gasteiger partial charge on any atom is 0.339 e. The fraction of sp³-hybridized carbons (Fsp3) is 0.100. The topological polar surface area (TPSA) is 80.7 Å². The van der Waals surface area contributed by atoms with Crippen molar-refractivity contribution in [3.05, 3.63) is 42.5 Å². The highest BCUT2D eigenvalue weighted by atomic mass is 32.2. The summed E-state index contributed by atoms with van der Waals surface area (Å²) in [5, 5.41) is 0. The Bertz CT molecular complexity index is 489. The van der Waals surface area contributed by atoms with Gasteiger partial charge in [-0.1, -0.05) is 24.8 Å². The SMILES string of the molecule is C=C(CS(=O)(=O)O)C(=O)Oc1ccccc1. The average molecular weight is 242 g/mol. The first-order chi connectivity index (χ1) is 7.38. The molecule has 0 spiro atoms. The zero-order valence-corrected chi connectivity index (χ0v) is 9.11. The van der Waals surface area contributed by atoms with Crippen LogP contribution in [0.3, 0.4) is 0 Å². The number of carbonyl (C=O) groups excluding carboxylic acids is 1. The van der Waals surface area contributed by atoms with E-state index in [2.05, 4.69) is 6.58 Å². The van der Waals surface area contributed by atoms with E-state index in [0.29, 0.717) is 0 Å². The molecule has 0 fully saturated rings. The second-order valence-electron chi connectivity index (χ2n) is 3.03. The van der Waals surface area contributed by atoms with E-state index in [0.717, 1.165) is 0 Å². The van der Waals surface area contributed by atoms with Gasteiger partial charge in [0.1, 0.15) is 11.5 Å². The van der Waals surface area contributed by atoms with Crippen LogP contribution >= 0.6 is 0 Å². The van der Waals surface area contributed by atoms with Crippen molar-refractivity contribution in [2.45, 2.75) is 0 Å². The third-order valence-electron chi connectivity index (χ3n) is 1.60. The first-order valence-corrected chi connectivity index (χ1v) is 5.89. The van der Waals surface area contributed by atoms with Crippen LogP contribution in [0.25, 0.3) is 0 Å². The molecule has 1 rings (SSSR count). The summed E-state index contributed by atoms with van der Waals surface area (Å²) >= 11 is 0. The Balaban J connectivity index is 2.64. The van der Waals surface area contributed by atoms with Gasteiger partial charge < -0.3 is 4.74 Å². The van der Waals surface area contributed by atoms with Crippen molar-refractivity contribution in [3.8, 4) is 5.75 Å². The summed E-state index contributed by atoms with van der Waals surface area (Å²) in [6.07, 6.45) is 0. The standard InChI is InChI=1S/C10H10O5S/c1-8(7-16(12,13)14)10(11)15-9-5-3-2-4-6-9/h2-6H,1,7H2,(H,12,13,14). The van der Waals surface area contributed by atoms with E-state index in [-0.39, 0.29) is 11.3 Å². The minimum atomic E-state index is -4.26. The van der Waals surface area contributed by atoms with E-state index in [4.69, 9.17) is 9.29 Å². The van der Waals surface area contributed by atoms with Crippen molar-refractivity contribution < 1.29 is 22.5 Å². The molecule has 16 heavy (non-hydrogen) atoms. The van der Waals surface area contributed by atoms with Crippen LogP contribution in [0.5, 0.6) is 5.75 Å². The predicted octanol–water partition coefficient (Wildman–Crippen LogP) is 1.04.